The van der Waals surface area contributed by atoms with Crippen LogP contribution in [0.3, 0.4) is 0 Å². The number of thiophene rings is 1. The van der Waals surface area contributed by atoms with Gasteiger partial charge in [0.2, 0.25) is 5.91 Å². The minimum atomic E-state index is -0.0357. The fourth-order valence-corrected chi connectivity index (χ4v) is 2.33. The molecular weight excluding hydrogens is 194 g/mol. The Morgan fingerprint density at radius 1 is 1.64 bits per heavy atom. The molecule has 0 bridgehead atoms. The second kappa shape index (κ2) is 3.39. The van der Waals surface area contributed by atoms with Gasteiger partial charge in [-0.05, 0) is 24.3 Å². The van der Waals surface area contributed by atoms with Crippen LogP contribution in [0.5, 0.6) is 0 Å². The smallest absolute Gasteiger partial charge is 0.228 e. The van der Waals surface area contributed by atoms with Crippen LogP contribution in [0, 0.1) is 5.41 Å². The molecule has 0 atom stereocenters. The predicted octanol–water partition coefficient (Wildman–Crippen LogP) is 2.51. The molecule has 1 heterocycles. The molecule has 1 aliphatic rings. The van der Waals surface area contributed by atoms with Gasteiger partial charge in [0.15, 0.2) is 0 Å². The van der Waals surface area contributed by atoms with Gasteiger partial charge in [0, 0.05) is 17.3 Å². The van der Waals surface area contributed by atoms with Crippen molar-refractivity contribution < 1.29 is 4.79 Å². The summed E-state index contributed by atoms with van der Waals surface area (Å²) in [6, 6.07) is 4.10. The highest BCUT2D eigenvalue weighted by atomic mass is 32.1. The topological polar surface area (TPSA) is 20.3 Å². The van der Waals surface area contributed by atoms with E-state index in [1.54, 1.807) is 11.3 Å². The van der Waals surface area contributed by atoms with E-state index in [0.717, 1.165) is 19.4 Å². The summed E-state index contributed by atoms with van der Waals surface area (Å²) in [6.45, 7) is 2.81. The average Bonchev–Trinajstić information content (AvgIpc) is 2.71. The zero-order chi connectivity index (χ0) is 10.2. The lowest BCUT2D eigenvalue weighted by atomic mass is 10.1. The number of carbonyl (C=O) groups excluding carboxylic acids is 1. The summed E-state index contributed by atoms with van der Waals surface area (Å²) in [6.07, 6.45) is 2.11. The summed E-state index contributed by atoms with van der Waals surface area (Å²) in [5, 5.41) is 2.05. The Bertz CT molecular complexity index is 327. The summed E-state index contributed by atoms with van der Waals surface area (Å²) in [5.74, 6) is 0.297. The van der Waals surface area contributed by atoms with E-state index in [-0.39, 0.29) is 5.41 Å². The van der Waals surface area contributed by atoms with Gasteiger partial charge in [0.25, 0.3) is 0 Å². The highest BCUT2D eigenvalue weighted by Gasteiger charge is 2.46. The van der Waals surface area contributed by atoms with Crippen molar-refractivity contribution in [3.05, 3.63) is 22.4 Å². The first-order valence-electron chi connectivity index (χ1n) is 4.90. The van der Waals surface area contributed by atoms with Crippen LogP contribution >= 0.6 is 11.3 Å². The zero-order valence-electron chi connectivity index (χ0n) is 8.62. The van der Waals surface area contributed by atoms with E-state index in [2.05, 4.69) is 13.0 Å². The second-order valence-corrected chi connectivity index (χ2v) is 5.33. The van der Waals surface area contributed by atoms with E-state index in [4.69, 9.17) is 0 Å². The summed E-state index contributed by atoms with van der Waals surface area (Å²) >= 11 is 1.71. The molecule has 1 aromatic heterocycles. The predicted molar refractivity (Wildman–Crippen MR) is 58.1 cm³/mol. The third-order valence-corrected chi connectivity index (χ3v) is 3.70. The molecule has 1 fully saturated rings. The van der Waals surface area contributed by atoms with Gasteiger partial charge in [-0.2, -0.15) is 0 Å². The number of hydrogen-bond acceptors (Lipinski definition) is 2. The van der Waals surface area contributed by atoms with Gasteiger partial charge in [-0.25, -0.2) is 0 Å². The Balaban J connectivity index is 1.96. The molecule has 1 saturated carbocycles. The second-order valence-electron chi connectivity index (χ2n) is 4.30. The van der Waals surface area contributed by atoms with E-state index >= 15 is 0 Å². The molecule has 0 aromatic carbocycles. The summed E-state index contributed by atoms with van der Waals surface area (Å²) < 4.78 is 0. The zero-order valence-corrected chi connectivity index (χ0v) is 9.43. The van der Waals surface area contributed by atoms with Crippen molar-refractivity contribution in [1.82, 2.24) is 4.90 Å². The quantitative estimate of drug-likeness (QED) is 0.749. The fourth-order valence-electron chi connectivity index (χ4n) is 1.57. The molecule has 76 valence electrons. The fraction of sp³-hybridized carbons (Fsp3) is 0.545. The van der Waals surface area contributed by atoms with E-state index in [1.165, 1.54) is 4.88 Å². The van der Waals surface area contributed by atoms with Gasteiger partial charge in [-0.15, -0.1) is 11.3 Å². The van der Waals surface area contributed by atoms with Crippen LogP contribution < -0.4 is 0 Å². The molecule has 1 amide bonds. The van der Waals surface area contributed by atoms with Crippen LogP contribution in [-0.2, 0) is 11.3 Å². The third-order valence-electron chi connectivity index (χ3n) is 2.84. The van der Waals surface area contributed by atoms with Gasteiger partial charge in [0.1, 0.15) is 0 Å². The molecule has 0 spiro atoms. The van der Waals surface area contributed by atoms with Crippen molar-refractivity contribution in [3.8, 4) is 0 Å². The van der Waals surface area contributed by atoms with Crippen molar-refractivity contribution in [2.24, 2.45) is 5.41 Å². The number of carbonyl (C=O) groups is 1. The van der Waals surface area contributed by atoms with Gasteiger partial charge in [0.05, 0.1) is 6.54 Å². The lowest BCUT2D eigenvalue weighted by molar-refractivity contribution is -0.135. The molecule has 0 aliphatic heterocycles. The van der Waals surface area contributed by atoms with Gasteiger partial charge < -0.3 is 4.90 Å². The monoisotopic (exact) mass is 209 g/mol. The first-order valence-corrected chi connectivity index (χ1v) is 5.78. The van der Waals surface area contributed by atoms with Gasteiger partial charge in [-0.3, -0.25) is 4.79 Å². The number of rotatable bonds is 3. The largest absolute Gasteiger partial charge is 0.340 e. The van der Waals surface area contributed by atoms with Crippen LogP contribution in [-0.4, -0.2) is 17.9 Å². The van der Waals surface area contributed by atoms with Crippen molar-refractivity contribution in [1.29, 1.82) is 0 Å². The summed E-state index contributed by atoms with van der Waals surface area (Å²) in [5.41, 5.74) is -0.0357. The Labute approximate surface area is 88.5 Å². The SMILES string of the molecule is CN(Cc1cccs1)C(=O)C1(C)CC1. The van der Waals surface area contributed by atoms with Crippen molar-refractivity contribution in [2.75, 3.05) is 7.05 Å². The van der Waals surface area contributed by atoms with Crippen LogP contribution in [0.1, 0.15) is 24.6 Å². The van der Waals surface area contributed by atoms with E-state index in [0.29, 0.717) is 5.91 Å². The van der Waals surface area contributed by atoms with E-state index in [9.17, 15) is 4.79 Å². The van der Waals surface area contributed by atoms with Crippen molar-refractivity contribution >= 4 is 17.2 Å². The Hall–Kier alpha value is -0.830. The standard InChI is InChI=1S/C11H15NOS/c1-11(5-6-11)10(13)12(2)8-9-4-3-7-14-9/h3-4,7H,5-6,8H2,1-2H3. The molecule has 2 rings (SSSR count). The summed E-state index contributed by atoms with van der Waals surface area (Å²) in [4.78, 5) is 15.0. The minimum absolute atomic E-state index is 0.0357. The van der Waals surface area contributed by atoms with Crippen molar-refractivity contribution in [3.63, 3.8) is 0 Å². The molecule has 0 N–H and O–H groups in total. The third kappa shape index (κ3) is 1.82. The number of amides is 1. The molecule has 0 unspecified atom stereocenters. The van der Waals surface area contributed by atoms with Crippen LogP contribution in [0.15, 0.2) is 17.5 Å². The van der Waals surface area contributed by atoms with Crippen molar-refractivity contribution in [2.45, 2.75) is 26.3 Å². The number of hydrogen-bond donors (Lipinski definition) is 0. The molecule has 1 aliphatic carbocycles. The maximum absolute atomic E-state index is 11.9. The Morgan fingerprint density at radius 3 is 2.86 bits per heavy atom. The van der Waals surface area contributed by atoms with Crippen LogP contribution in [0.4, 0.5) is 0 Å². The highest BCUT2D eigenvalue weighted by Crippen LogP contribution is 2.46. The van der Waals surface area contributed by atoms with E-state index < -0.39 is 0 Å². The highest BCUT2D eigenvalue weighted by molar-refractivity contribution is 7.09. The first-order chi connectivity index (χ1) is 6.62. The lowest BCUT2D eigenvalue weighted by Crippen LogP contribution is -2.31. The molecule has 0 saturated heterocycles. The van der Waals surface area contributed by atoms with Gasteiger partial charge in [-0.1, -0.05) is 13.0 Å². The Kier molecular flexibility index (Phi) is 2.35. The molecule has 14 heavy (non-hydrogen) atoms. The molecule has 2 nitrogen and oxygen atoms in total. The number of nitrogens with zero attached hydrogens (tertiary/aromatic N) is 1. The molecule has 3 heteroatoms. The average molecular weight is 209 g/mol. The maximum atomic E-state index is 11.9. The van der Waals surface area contributed by atoms with E-state index in [1.807, 2.05) is 23.4 Å². The normalized spacial score (nSPS) is 17.9. The molecule has 0 radical (unpaired) electrons. The van der Waals surface area contributed by atoms with Gasteiger partial charge >= 0.3 is 0 Å². The minimum Gasteiger partial charge on any atom is -0.340 e. The first kappa shape index (κ1) is 9.71. The molecular formula is C11H15NOS. The van der Waals surface area contributed by atoms with Crippen LogP contribution in [0.2, 0.25) is 0 Å². The Morgan fingerprint density at radius 2 is 2.36 bits per heavy atom. The van der Waals surface area contributed by atoms with Crippen LogP contribution in [0.25, 0.3) is 0 Å². The molecule has 1 aromatic rings. The maximum Gasteiger partial charge on any atom is 0.228 e. The summed E-state index contributed by atoms with van der Waals surface area (Å²) in [7, 11) is 1.89. The lowest BCUT2D eigenvalue weighted by Gasteiger charge is -2.20.